The van der Waals surface area contributed by atoms with Gasteiger partial charge in [0, 0.05) is 30.4 Å². The highest BCUT2D eigenvalue weighted by Gasteiger charge is 2.40. The van der Waals surface area contributed by atoms with Crippen molar-refractivity contribution in [2.45, 2.75) is 38.8 Å². The van der Waals surface area contributed by atoms with E-state index in [-0.39, 0.29) is 17.9 Å². The number of benzene rings is 1. The molecule has 27 heavy (non-hydrogen) atoms. The third kappa shape index (κ3) is 3.62. The summed E-state index contributed by atoms with van der Waals surface area (Å²) in [6.07, 6.45) is 2.35. The van der Waals surface area contributed by atoms with E-state index in [4.69, 9.17) is 0 Å². The summed E-state index contributed by atoms with van der Waals surface area (Å²) < 4.78 is 0. The minimum atomic E-state index is -0.0939. The molecule has 1 aromatic heterocycles. The van der Waals surface area contributed by atoms with Gasteiger partial charge in [-0.2, -0.15) is 0 Å². The third-order valence-corrected chi connectivity index (χ3v) is 5.92. The normalized spacial score (nSPS) is 26.6. The van der Waals surface area contributed by atoms with Crippen LogP contribution in [0.25, 0.3) is 11.3 Å². The molecule has 3 N–H and O–H groups in total. The number of anilines is 1. The highest BCUT2D eigenvalue weighted by molar-refractivity contribution is 5.94. The predicted molar refractivity (Wildman–Crippen MR) is 106 cm³/mol. The molecule has 3 aliphatic heterocycles. The molecular formula is C21H26N4O2. The molecule has 6 heteroatoms. The van der Waals surface area contributed by atoms with Gasteiger partial charge in [0.1, 0.15) is 5.69 Å². The zero-order valence-electron chi connectivity index (χ0n) is 15.8. The molecule has 3 aliphatic rings. The minimum absolute atomic E-state index is 0.0401. The van der Waals surface area contributed by atoms with E-state index in [1.54, 1.807) is 0 Å². The summed E-state index contributed by atoms with van der Waals surface area (Å²) in [6, 6.07) is 11.9. The molecule has 4 heterocycles. The van der Waals surface area contributed by atoms with Crippen LogP contribution < -0.4 is 10.6 Å². The molecule has 2 amide bonds. The van der Waals surface area contributed by atoms with Crippen LogP contribution in [0, 0.1) is 5.92 Å². The first kappa shape index (κ1) is 17.8. The van der Waals surface area contributed by atoms with Crippen LogP contribution in [0.3, 0.4) is 0 Å². The number of nitrogens with one attached hydrogen (secondary N) is 3. The third-order valence-electron chi connectivity index (χ3n) is 5.92. The van der Waals surface area contributed by atoms with Crippen molar-refractivity contribution < 1.29 is 9.59 Å². The topological polar surface area (TPSA) is 77.2 Å². The summed E-state index contributed by atoms with van der Waals surface area (Å²) >= 11 is 0. The summed E-state index contributed by atoms with van der Waals surface area (Å²) in [6.45, 7) is 6.01. The molecule has 0 spiro atoms. The van der Waals surface area contributed by atoms with Crippen LogP contribution in [-0.2, 0) is 4.79 Å². The maximum Gasteiger partial charge on any atom is 0.267 e. The highest BCUT2D eigenvalue weighted by Crippen LogP contribution is 2.32. The Hall–Kier alpha value is -2.60. The zero-order valence-corrected chi connectivity index (χ0v) is 15.8. The van der Waals surface area contributed by atoms with Crippen LogP contribution in [0.2, 0.25) is 0 Å². The Morgan fingerprint density at radius 3 is 2.41 bits per heavy atom. The average Bonchev–Trinajstić information content (AvgIpc) is 3.15. The number of piperidine rings is 3. The molecular weight excluding hydrogens is 340 g/mol. The molecule has 3 fully saturated rings. The summed E-state index contributed by atoms with van der Waals surface area (Å²) in [4.78, 5) is 29.6. The van der Waals surface area contributed by atoms with Crippen LogP contribution >= 0.6 is 0 Å². The quantitative estimate of drug-likeness (QED) is 0.779. The Labute approximate surface area is 159 Å². The van der Waals surface area contributed by atoms with E-state index in [2.05, 4.69) is 27.4 Å². The summed E-state index contributed by atoms with van der Waals surface area (Å²) in [5.74, 6) is 0.454. The number of amides is 2. The number of carbonyl (C=O) groups excluding carboxylic acids is 2. The number of carbonyl (C=O) groups is 2. The van der Waals surface area contributed by atoms with Crippen molar-refractivity contribution in [1.82, 2.24) is 15.2 Å². The van der Waals surface area contributed by atoms with Gasteiger partial charge in [-0.3, -0.25) is 14.5 Å². The number of hydrogen-bond acceptors (Lipinski definition) is 3. The van der Waals surface area contributed by atoms with Gasteiger partial charge in [0.05, 0.1) is 0 Å². The molecule has 0 unspecified atom stereocenters. The molecule has 5 rings (SSSR count). The van der Waals surface area contributed by atoms with Crippen molar-refractivity contribution in [3.63, 3.8) is 0 Å². The number of aromatic nitrogens is 1. The maximum atomic E-state index is 12.7. The van der Waals surface area contributed by atoms with Gasteiger partial charge in [-0.1, -0.05) is 12.1 Å². The fourth-order valence-electron chi connectivity index (χ4n) is 4.41. The minimum Gasteiger partial charge on any atom is -0.351 e. The van der Waals surface area contributed by atoms with Crippen molar-refractivity contribution in [2.75, 3.05) is 18.4 Å². The smallest absolute Gasteiger partial charge is 0.267 e. The first-order chi connectivity index (χ1) is 13.0. The summed E-state index contributed by atoms with van der Waals surface area (Å²) in [5.41, 5.74) is 3.20. The van der Waals surface area contributed by atoms with E-state index in [0.717, 1.165) is 30.0 Å². The predicted octanol–water partition coefficient (Wildman–Crippen LogP) is 2.85. The van der Waals surface area contributed by atoms with E-state index in [0.29, 0.717) is 17.7 Å². The molecule has 0 saturated carbocycles. The Morgan fingerprint density at radius 2 is 1.78 bits per heavy atom. The molecule has 2 aromatic rings. The monoisotopic (exact) mass is 366 g/mol. The Kier molecular flexibility index (Phi) is 4.74. The first-order valence-electron chi connectivity index (χ1n) is 9.63. The first-order valence-corrected chi connectivity index (χ1v) is 9.63. The lowest BCUT2D eigenvalue weighted by Crippen LogP contribution is -2.62. The van der Waals surface area contributed by atoms with Gasteiger partial charge in [-0.25, -0.2) is 0 Å². The lowest BCUT2D eigenvalue weighted by atomic mass is 9.79. The zero-order chi connectivity index (χ0) is 19.0. The molecule has 1 aromatic carbocycles. The van der Waals surface area contributed by atoms with Gasteiger partial charge in [0.15, 0.2) is 0 Å². The second-order valence-corrected chi connectivity index (χ2v) is 7.66. The fourth-order valence-corrected chi connectivity index (χ4v) is 4.41. The van der Waals surface area contributed by atoms with E-state index >= 15 is 0 Å². The molecule has 0 aliphatic carbocycles. The Morgan fingerprint density at radius 1 is 1.07 bits per heavy atom. The summed E-state index contributed by atoms with van der Waals surface area (Å²) in [7, 11) is 0. The van der Waals surface area contributed by atoms with Gasteiger partial charge in [-0.15, -0.1) is 0 Å². The van der Waals surface area contributed by atoms with Crippen LogP contribution in [0.5, 0.6) is 0 Å². The maximum absolute atomic E-state index is 12.7. The number of nitrogens with zero attached hydrogens (tertiary/aromatic N) is 1. The van der Waals surface area contributed by atoms with Crippen molar-refractivity contribution in [1.29, 1.82) is 0 Å². The van der Waals surface area contributed by atoms with E-state index in [9.17, 15) is 9.59 Å². The number of rotatable bonds is 4. The number of fused-ring (bicyclic) bond motifs is 3. The second kappa shape index (κ2) is 7.19. The van der Waals surface area contributed by atoms with Gasteiger partial charge in [0.2, 0.25) is 5.91 Å². The molecule has 142 valence electrons. The van der Waals surface area contributed by atoms with Gasteiger partial charge in [-0.05, 0) is 68.6 Å². The van der Waals surface area contributed by atoms with Gasteiger partial charge in [0.25, 0.3) is 5.91 Å². The van der Waals surface area contributed by atoms with Crippen LogP contribution in [0.15, 0.2) is 36.4 Å². The van der Waals surface area contributed by atoms with Crippen molar-refractivity contribution >= 4 is 17.5 Å². The van der Waals surface area contributed by atoms with Crippen LogP contribution in [0.4, 0.5) is 5.69 Å². The average molecular weight is 366 g/mol. The Balaban J connectivity index is 1.44. The van der Waals surface area contributed by atoms with Crippen LogP contribution in [0.1, 0.15) is 37.2 Å². The Bertz CT molecular complexity index is 832. The molecule has 6 nitrogen and oxygen atoms in total. The van der Waals surface area contributed by atoms with Crippen molar-refractivity contribution in [2.24, 2.45) is 5.92 Å². The molecule has 2 atom stereocenters. The van der Waals surface area contributed by atoms with Gasteiger partial charge < -0.3 is 15.6 Å². The second-order valence-electron chi connectivity index (χ2n) is 7.66. The number of hydrogen-bond donors (Lipinski definition) is 3. The molecule has 3 saturated heterocycles. The van der Waals surface area contributed by atoms with Crippen molar-refractivity contribution in [3.8, 4) is 11.3 Å². The van der Waals surface area contributed by atoms with Crippen LogP contribution in [-0.4, -0.2) is 46.9 Å². The number of H-pyrrole nitrogens is 1. The highest BCUT2D eigenvalue weighted by atomic mass is 16.2. The number of aromatic amines is 1. The lowest BCUT2D eigenvalue weighted by Gasteiger charge is -2.49. The van der Waals surface area contributed by atoms with E-state index in [1.807, 2.05) is 36.4 Å². The largest absolute Gasteiger partial charge is 0.351 e. The van der Waals surface area contributed by atoms with Crippen molar-refractivity contribution in [3.05, 3.63) is 42.1 Å². The lowest BCUT2D eigenvalue weighted by molar-refractivity contribution is -0.114. The SMILES string of the molecule is CC(=O)Nc1ccc(-c2ccc(C(=O)N[C@@H]3C4CCN(CC4)[C@H]3C)[nH]2)cc1. The van der Waals surface area contributed by atoms with E-state index < -0.39 is 0 Å². The molecule has 0 radical (unpaired) electrons. The standard InChI is InChI=1S/C21H26N4O2/c1-13-20(16-9-11-25(13)12-10-16)24-21(27)19-8-7-18(23-19)15-3-5-17(6-4-15)22-14(2)26/h3-8,13,16,20,23H,9-12H2,1-2H3,(H,22,26)(H,24,27)/t13-,20-/m0/s1. The molecule has 2 bridgehead atoms. The summed E-state index contributed by atoms with van der Waals surface area (Å²) in [5, 5.41) is 6.00. The van der Waals surface area contributed by atoms with E-state index in [1.165, 1.54) is 19.8 Å². The fraction of sp³-hybridized carbons (Fsp3) is 0.429. The van der Waals surface area contributed by atoms with Gasteiger partial charge >= 0.3 is 0 Å².